The van der Waals surface area contributed by atoms with E-state index in [9.17, 15) is 14.9 Å². The number of aryl methyl sites for hydroxylation is 1. The van der Waals surface area contributed by atoms with E-state index in [1.807, 2.05) is 6.07 Å². The maximum Gasteiger partial charge on any atom is 0.339 e. The van der Waals surface area contributed by atoms with Gasteiger partial charge in [-0.05, 0) is 30.7 Å². The Hall–Kier alpha value is -2.85. The monoisotopic (exact) mass is 383 g/mol. The molecule has 0 aliphatic rings. The van der Waals surface area contributed by atoms with E-state index < -0.39 is 5.97 Å². The molecule has 0 saturated carbocycles. The lowest BCUT2D eigenvalue weighted by molar-refractivity contribution is -0.115. The molecule has 0 aliphatic carbocycles. The first-order valence-corrected chi connectivity index (χ1v) is 9.57. The quantitative estimate of drug-likeness (QED) is 0.550. The molecule has 0 aliphatic heterocycles. The normalized spacial score (nSPS) is 10.1. The summed E-state index contributed by atoms with van der Waals surface area (Å²) in [6.07, 6.45) is 2.06. The predicted octanol–water partition coefficient (Wildman–Crippen LogP) is 3.81. The van der Waals surface area contributed by atoms with Crippen LogP contribution in [0, 0.1) is 11.3 Å². The van der Waals surface area contributed by atoms with Gasteiger partial charge in [-0.2, -0.15) is 5.26 Å². The molecule has 27 heavy (non-hydrogen) atoms. The molecular weight excluding hydrogens is 362 g/mol. The Morgan fingerprint density at radius 1 is 1.26 bits per heavy atom. The fourth-order valence-electron chi connectivity index (χ4n) is 2.40. The number of ether oxygens (including phenoxy) is 1. The van der Waals surface area contributed by atoms with Crippen molar-refractivity contribution in [2.45, 2.75) is 31.2 Å². The number of anilines is 1. The third-order valence-corrected chi connectivity index (χ3v) is 4.71. The standard InChI is InChI=1S/C20H21N3O3S/c1-3-6-15-10-9-14(13-21)19(22-15)27-12-11-18(24)23-17-8-5-4-7-16(17)20(25)26-2/h4-5,7-10H,3,6,11-12H2,1-2H3,(H,23,24). The van der Waals surface area contributed by atoms with Crippen LogP contribution in [0.3, 0.4) is 0 Å². The van der Waals surface area contributed by atoms with Crippen molar-refractivity contribution in [3.63, 3.8) is 0 Å². The number of esters is 1. The number of nitrogens with one attached hydrogen (secondary N) is 1. The van der Waals surface area contributed by atoms with Gasteiger partial charge >= 0.3 is 5.97 Å². The van der Waals surface area contributed by atoms with Crippen LogP contribution in [0.25, 0.3) is 0 Å². The molecule has 1 amide bonds. The highest BCUT2D eigenvalue weighted by molar-refractivity contribution is 7.99. The lowest BCUT2D eigenvalue weighted by atomic mass is 10.2. The molecule has 1 N–H and O–H groups in total. The third kappa shape index (κ3) is 5.83. The summed E-state index contributed by atoms with van der Waals surface area (Å²) < 4.78 is 4.72. The highest BCUT2D eigenvalue weighted by Gasteiger charge is 2.14. The zero-order valence-electron chi connectivity index (χ0n) is 15.3. The molecule has 0 atom stereocenters. The van der Waals surface area contributed by atoms with E-state index in [0.717, 1.165) is 18.5 Å². The number of benzene rings is 1. The average molecular weight is 383 g/mol. The number of nitrogens with zero attached hydrogens (tertiary/aromatic N) is 2. The summed E-state index contributed by atoms with van der Waals surface area (Å²) in [6.45, 7) is 2.07. The van der Waals surface area contributed by atoms with Crippen molar-refractivity contribution in [2.75, 3.05) is 18.2 Å². The number of carbonyl (C=O) groups is 2. The highest BCUT2D eigenvalue weighted by Crippen LogP contribution is 2.22. The number of hydrogen-bond donors (Lipinski definition) is 1. The molecule has 0 unspecified atom stereocenters. The molecule has 2 aromatic rings. The Morgan fingerprint density at radius 2 is 2.04 bits per heavy atom. The van der Waals surface area contributed by atoms with Gasteiger partial charge in [0, 0.05) is 17.9 Å². The summed E-state index contributed by atoms with van der Waals surface area (Å²) in [6, 6.07) is 12.5. The van der Waals surface area contributed by atoms with Crippen LogP contribution in [0.4, 0.5) is 5.69 Å². The van der Waals surface area contributed by atoms with Gasteiger partial charge in [-0.25, -0.2) is 9.78 Å². The van der Waals surface area contributed by atoms with Crippen LogP contribution in [0.5, 0.6) is 0 Å². The van der Waals surface area contributed by atoms with E-state index in [0.29, 0.717) is 27.6 Å². The van der Waals surface area contributed by atoms with E-state index in [2.05, 4.69) is 23.3 Å². The van der Waals surface area contributed by atoms with Crippen molar-refractivity contribution in [2.24, 2.45) is 0 Å². The molecule has 1 heterocycles. The van der Waals surface area contributed by atoms with Gasteiger partial charge in [-0.1, -0.05) is 25.5 Å². The van der Waals surface area contributed by atoms with Crippen molar-refractivity contribution in [3.05, 3.63) is 53.2 Å². The zero-order chi connectivity index (χ0) is 19.6. The van der Waals surface area contributed by atoms with Gasteiger partial charge in [-0.3, -0.25) is 4.79 Å². The molecule has 1 aromatic heterocycles. The summed E-state index contributed by atoms with van der Waals surface area (Å²) in [5.74, 6) is -0.248. The second-order valence-electron chi connectivity index (χ2n) is 5.70. The van der Waals surface area contributed by atoms with Crippen molar-refractivity contribution < 1.29 is 14.3 Å². The summed E-state index contributed by atoms with van der Waals surface area (Å²) in [5.41, 5.74) is 2.17. The molecule has 2 rings (SSSR count). The van der Waals surface area contributed by atoms with Crippen LogP contribution in [0.2, 0.25) is 0 Å². The van der Waals surface area contributed by atoms with Crippen molar-refractivity contribution >= 4 is 29.3 Å². The highest BCUT2D eigenvalue weighted by atomic mass is 32.2. The summed E-state index contributed by atoms with van der Waals surface area (Å²) in [5, 5.41) is 12.6. The summed E-state index contributed by atoms with van der Waals surface area (Å²) >= 11 is 1.38. The molecule has 7 heteroatoms. The van der Waals surface area contributed by atoms with Gasteiger partial charge in [0.25, 0.3) is 0 Å². The zero-order valence-corrected chi connectivity index (χ0v) is 16.1. The van der Waals surface area contributed by atoms with Gasteiger partial charge in [0.05, 0.1) is 23.9 Å². The minimum atomic E-state index is -0.504. The topological polar surface area (TPSA) is 92.1 Å². The molecule has 6 nitrogen and oxygen atoms in total. The average Bonchev–Trinajstić information content (AvgIpc) is 2.68. The number of pyridine rings is 1. The van der Waals surface area contributed by atoms with Gasteiger partial charge in [0.15, 0.2) is 0 Å². The lowest BCUT2D eigenvalue weighted by Crippen LogP contribution is -2.15. The van der Waals surface area contributed by atoms with E-state index in [1.54, 1.807) is 30.3 Å². The van der Waals surface area contributed by atoms with E-state index in [4.69, 9.17) is 4.74 Å². The Labute approximate surface area is 162 Å². The number of amides is 1. The number of aromatic nitrogens is 1. The summed E-state index contributed by atoms with van der Waals surface area (Å²) in [4.78, 5) is 28.5. The molecule has 0 bridgehead atoms. The van der Waals surface area contributed by atoms with Gasteiger partial charge in [0.1, 0.15) is 11.1 Å². The van der Waals surface area contributed by atoms with E-state index >= 15 is 0 Å². The number of para-hydroxylation sites is 1. The SMILES string of the molecule is CCCc1ccc(C#N)c(SCCC(=O)Nc2ccccc2C(=O)OC)n1. The largest absolute Gasteiger partial charge is 0.465 e. The van der Waals surface area contributed by atoms with Crippen molar-refractivity contribution in [3.8, 4) is 6.07 Å². The molecule has 0 saturated heterocycles. The summed E-state index contributed by atoms with van der Waals surface area (Å²) in [7, 11) is 1.30. The maximum absolute atomic E-state index is 12.2. The van der Waals surface area contributed by atoms with Crippen LogP contribution in [0.1, 0.15) is 41.4 Å². The Balaban J connectivity index is 1.97. The molecule has 0 radical (unpaired) electrons. The smallest absolute Gasteiger partial charge is 0.339 e. The maximum atomic E-state index is 12.2. The van der Waals surface area contributed by atoms with Crippen LogP contribution >= 0.6 is 11.8 Å². The fraction of sp³-hybridized carbons (Fsp3) is 0.300. The number of carbonyl (C=O) groups excluding carboxylic acids is 2. The molecule has 140 valence electrons. The number of thioether (sulfide) groups is 1. The Kier molecular flexibility index (Phi) is 7.83. The van der Waals surface area contributed by atoms with E-state index in [-0.39, 0.29) is 12.3 Å². The first-order valence-electron chi connectivity index (χ1n) is 8.59. The van der Waals surface area contributed by atoms with Crippen molar-refractivity contribution in [1.29, 1.82) is 5.26 Å². The Morgan fingerprint density at radius 3 is 2.74 bits per heavy atom. The van der Waals surface area contributed by atoms with Crippen LogP contribution in [-0.4, -0.2) is 29.7 Å². The van der Waals surface area contributed by atoms with Gasteiger partial charge in [0.2, 0.25) is 5.91 Å². The molecular formula is C20H21N3O3S. The van der Waals surface area contributed by atoms with Crippen molar-refractivity contribution in [1.82, 2.24) is 4.98 Å². The van der Waals surface area contributed by atoms with Gasteiger partial charge < -0.3 is 10.1 Å². The molecule has 1 aromatic carbocycles. The van der Waals surface area contributed by atoms with Gasteiger partial charge in [-0.15, -0.1) is 11.8 Å². The lowest BCUT2D eigenvalue weighted by Gasteiger charge is -2.10. The van der Waals surface area contributed by atoms with Crippen LogP contribution < -0.4 is 5.32 Å². The fourth-order valence-corrected chi connectivity index (χ4v) is 3.33. The number of nitriles is 1. The van der Waals surface area contributed by atoms with Crippen LogP contribution in [0.15, 0.2) is 41.4 Å². The number of rotatable bonds is 8. The minimum absolute atomic E-state index is 0.220. The van der Waals surface area contributed by atoms with Crippen LogP contribution in [-0.2, 0) is 16.0 Å². The second-order valence-corrected chi connectivity index (χ2v) is 6.78. The third-order valence-electron chi connectivity index (χ3n) is 3.72. The second kappa shape index (κ2) is 10.3. The number of hydrogen-bond acceptors (Lipinski definition) is 6. The first-order chi connectivity index (χ1) is 13.1. The van der Waals surface area contributed by atoms with E-state index in [1.165, 1.54) is 18.9 Å². The molecule has 0 spiro atoms. The minimum Gasteiger partial charge on any atom is -0.465 e. The predicted molar refractivity (Wildman–Crippen MR) is 105 cm³/mol. The first kappa shape index (κ1) is 20.5. The Bertz CT molecular complexity index is 862. The number of methoxy groups -OCH3 is 1. The molecule has 0 fully saturated rings.